The molecular formula is C36H56BF4P2RhS-. The molecule has 1 aliphatic carbocycles. The van der Waals surface area contributed by atoms with Gasteiger partial charge in [-0.1, -0.05) is 114 Å². The molecule has 3 aliphatic rings. The monoisotopic (exact) mass is 772 g/mol. The average molecular weight is 773 g/mol. The third-order valence-corrected chi connectivity index (χ3v) is 19.6. The number of hydrogen-bond acceptors (Lipinski definition) is 1. The van der Waals surface area contributed by atoms with Gasteiger partial charge in [0, 0.05) is 39.5 Å². The van der Waals surface area contributed by atoms with Crippen molar-refractivity contribution in [1.82, 2.24) is 0 Å². The topological polar surface area (TPSA) is 0 Å². The fourth-order valence-electron chi connectivity index (χ4n) is 7.28. The molecule has 5 rings (SSSR count). The van der Waals surface area contributed by atoms with E-state index in [9.17, 15) is 17.3 Å². The SMILES string of the molecule is C1=C\CC/C=C\CC/1.CC(C)[C@H]1CC[C@H](C(C)C)P1c1sc2ccccc2c1P1[C@@H](C(C)C)CC[C@@H]1C(C)C.F[B-](F)(F)F.[Rh]. The van der Waals surface area contributed by atoms with Crippen LogP contribution >= 0.6 is 27.2 Å². The molecule has 257 valence electrons. The second-order valence-electron chi connectivity index (χ2n) is 14.1. The third-order valence-electron chi connectivity index (χ3n) is 9.40. The quantitative estimate of drug-likeness (QED) is 0.119. The molecule has 1 aromatic heterocycles. The van der Waals surface area contributed by atoms with Crippen LogP contribution in [-0.4, -0.2) is 29.9 Å². The van der Waals surface area contributed by atoms with Crippen LogP contribution in [0.3, 0.4) is 0 Å². The van der Waals surface area contributed by atoms with Gasteiger partial charge in [-0.05, 0) is 104 Å². The normalized spacial score (nSPS) is 25.9. The molecule has 1 aromatic carbocycles. The number of halogens is 4. The minimum atomic E-state index is -6.00. The van der Waals surface area contributed by atoms with Crippen LogP contribution in [-0.2, 0) is 19.5 Å². The smallest absolute Gasteiger partial charge is 0.418 e. The third kappa shape index (κ3) is 11.8. The van der Waals surface area contributed by atoms with E-state index >= 15 is 0 Å². The Labute approximate surface area is 291 Å². The Morgan fingerprint density at radius 2 is 0.933 bits per heavy atom. The maximum absolute atomic E-state index is 9.75. The summed E-state index contributed by atoms with van der Waals surface area (Å²) in [5.41, 5.74) is 3.65. The van der Waals surface area contributed by atoms with Gasteiger partial charge in [0.15, 0.2) is 0 Å². The largest absolute Gasteiger partial charge is 0.673 e. The van der Waals surface area contributed by atoms with Crippen LogP contribution in [0.4, 0.5) is 17.3 Å². The summed E-state index contributed by atoms with van der Waals surface area (Å²) >= 11 is 2.22. The van der Waals surface area contributed by atoms with Gasteiger partial charge in [-0.2, -0.15) is 0 Å². The van der Waals surface area contributed by atoms with Gasteiger partial charge in [0.2, 0.25) is 0 Å². The van der Waals surface area contributed by atoms with Crippen molar-refractivity contribution in [3.8, 4) is 0 Å². The Balaban J connectivity index is 0.000000421. The van der Waals surface area contributed by atoms with Crippen molar-refractivity contribution >= 4 is 54.4 Å². The van der Waals surface area contributed by atoms with Gasteiger partial charge in [-0.25, -0.2) is 0 Å². The molecule has 0 saturated carbocycles. The van der Waals surface area contributed by atoms with Gasteiger partial charge >= 0.3 is 7.25 Å². The summed E-state index contributed by atoms with van der Waals surface area (Å²) in [6, 6.07) is 9.49. The number of hydrogen-bond donors (Lipinski definition) is 0. The van der Waals surface area contributed by atoms with E-state index in [1.54, 1.807) is 10.1 Å². The number of thiophene rings is 1. The summed E-state index contributed by atoms with van der Waals surface area (Å²) in [4.78, 5) is 0. The first kappa shape index (κ1) is 41.1. The zero-order chi connectivity index (χ0) is 32.6. The molecule has 9 heteroatoms. The van der Waals surface area contributed by atoms with E-state index in [-0.39, 0.29) is 35.3 Å². The van der Waals surface area contributed by atoms with Crippen LogP contribution in [0.5, 0.6) is 0 Å². The molecule has 0 amide bonds. The Kier molecular flexibility index (Phi) is 17.5. The molecule has 2 aromatic rings. The molecule has 1 radical (unpaired) electrons. The van der Waals surface area contributed by atoms with Crippen molar-refractivity contribution in [1.29, 1.82) is 0 Å². The first-order chi connectivity index (χ1) is 20.7. The predicted octanol–water partition coefficient (Wildman–Crippen LogP) is 12.8. The Hall–Kier alpha value is -0.0717. The van der Waals surface area contributed by atoms with Gasteiger partial charge in [-0.15, -0.1) is 11.3 Å². The molecule has 2 fully saturated rings. The average Bonchev–Trinajstić information content (AvgIpc) is 3.61. The van der Waals surface area contributed by atoms with Crippen molar-refractivity contribution in [2.75, 3.05) is 0 Å². The summed E-state index contributed by atoms with van der Waals surface area (Å²) in [5.74, 6) is 3.23. The first-order valence-electron chi connectivity index (χ1n) is 17.0. The van der Waals surface area contributed by atoms with Gasteiger partial charge < -0.3 is 17.3 Å². The molecule has 0 bridgehead atoms. The van der Waals surface area contributed by atoms with Crippen molar-refractivity contribution in [3.63, 3.8) is 0 Å². The van der Waals surface area contributed by atoms with Gasteiger partial charge in [-0.3, -0.25) is 0 Å². The minimum Gasteiger partial charge on any atom is -0.418 e. The van der Waals surface area contributed by atoms with Crippen molar-refractivity contribution < 1.29 is 36.7 Å². The van der Waals surface area contributed by atoms with E-state index in [0.29, 0.717) is 0 Å². The molecule has 2 saturated heterocycles. The number of allylic oxidation sites excluding steroid dienone is 4. The number of rotatable bonds is 6. The molecule has 0 N–H and O–H groups in total. The van der Waals surface area contributed by atoms with Crippen LogP contribution in [0.25, 0.3) is 10.1 Å². The predicted molar refractivity (Wildman–Crippen MR) is 195 cm³/mol. The Morgan fingerprint density at radius 3 is 1.29 bits per heavy atom. The van der Waals surface area contributed by atoms with Crippen LogP contribution in [0.1, 0.15) is 107 Å². The van der Waals surface area contributed by atoms with Crippen LogP contribution in [0.2, 0.25) is 0 Å². The van der Waals surface area contributed by atoms with Gasteiger partial charge in [0.1, 0.15) is 0 Å². The summed E-state index contributed by atoms with van der Waals surface area (Å²) in [6.45, 7) is 20.0. The van der Waals surface area contributed by atoms with Crippen molar-refractivity contribution in [3.05, 3.63) is 48.6 Å². The molecule has 0 unspecified atom stereocenters. The summed E-state index contributed by atoms with van der Waals surface area (Å²) < 4.78 is 42.5. The summed E-state index contributed by atoms with van der Waals surface area (Å²) in [7, 11) is -6.17. The van der Waals surface area contributed by atoms with Crippen molar-refractivity contribution in [2.24, 2.45) is 23.7 Å². The van der Waals surface area contributed by atoms with Crippen molar-refractivity contribution in [2.45, 2.75) is 129 Å². The molecule has 0 spiro atoms. The first-order valence-corrected chi connectivity index (χ1v) is 20.7. The second kappa shape index (κ2) is 19.2. The Bertz CT molecular complexity index is 1150. The molecule has 2 aliphatic heterocycles. The van der Waals surface area contributed by atoms with Gasteiger partial charge in [0.25, 0.3) is 0 Å². The van der Waals surface area contributed by atoms with Gasteiger partial charge in [0.05, 0.1) is 0 Å². The van der Waals surface area contributed by atoms with Crippen LogP contribution in [0, 0.1) is 23.7 Å². The molecule has 45 heavy (non-hydrogen) atoms. The van der Waals surface area contributed by atoms with E-state index in [4.69, 9.17) is 0 Å². The fourth-order valence-corrected chi connectivity index (χ4v) is 18.5. The van der Waals surface area contributed by atoms with E-state index in [2.05, 4.69) is 115 Å². The maximum atomic E-state index is 9.75. The molecule has 3 heterocycles. The van der Waals surface area contributed by atoms with E-state index in [1.165, 1.54) is 51.4 Å². The molecular weight excluding hydrogens is 716 g/mol. The molecule has 0 nitrogen and oxygen atoms in total. The minimum absolute atomic E-state index is 0. The second-order valence-corrected chi connectivity index (χ2v) is 20.6. The molecule has 4 atom stereocenters. The van der Waals surface area contributed by atoms with E-state index in [0.717, 1.165) is 46.3 Å². The number of benzene rings is 1. The van der Waals surface area contributed by atoms with Crippen LogP contribution in [0.15, 0.2) is 48.6 Å². The summed E-state index contributed by atoms with van der Waals surface area (Å²) in [5, 5.41) is 3.54. The summed E-state index contributed by atoms with van der Waals surface area (Å²) in [6.07, 6.45) is 19.8. The zero-order valence-electron chi connectivity index (χ0n) is 28.6. The standard InChI is InChI=1S/C28H44P2S.C8H12.BF4.Rh/c1-17(2)22-13-14-23(18(3)4)29(22)27-21-11-9-10-12-26(21)31-28(27)30-24(19(5)6)15-16-25(30)20(7)8;1-2-4-6-8-7-5-3-1;2-1(3,4)5;/h9-12,17-20,22-25H,13-16H2,1-8H3;1-2,7-8H,3-6H2;;/q;;-1;/b;2-1-,8-7-;;/t22-,23-,24-,25-;;;/m1.../s1. The van der Waals surface area contributed by atoms with E-state index in [1.807, 2.05) is 9.92 Å². The van der Waals surface area contributed by atoms with Crippen LogP contribution < -0.4 is 9.92 Å². The number of fused-ring (bicyclic) bond motifs is 1. The zero-order valence-corrected chi connectivity index (χ0v) is 32.9. The maximum Gasteiger partial charge on any atom is 0.673 e. The van der Waals surface area contributed by atoms with E-state index < -0.39 is 7.25 Å². The Morgan fingerprint density at radius 1 is 0.600 bits per heavy atom. The fraction of sp³-hybridized carbons (Fsp3) is 0.667.